The third-order valence-corrected chi connectivity index (χ3v) is 2.52. The van der Waals surface area contributed by atoms with Crippen molar-refractivity contribution >= 4 is 0 Å². The lowest BCUT2D eigenvalue weighted by molar-refractivity contribution is 0.445. The Hall–Kier alpha value is -1.98. The number of aryl methyl sites for hydroxylation is 1. The normalized spacial score (nSPS) is 10.9. The lowest BCUT2D eigenvalue weighted by Gasteiger charge is -2.03. The second-order valence-corrected chi connectivity index (χ2v) is 3.93. The van der Waals surface area contributed by atoms with Crippen LogP contribution in [0.1, 0.15) is 19.0 Å². The number of nitrogens with zero attached hydrogens (tertiary/aromatic N) is 1. The first-order valence-electron chi connectivity index (χ1n) is 5.48. The Bertz CT molecular complexity index is 607. The second kappa shape index (κ2) is 4.72. The minimum absolute atomic E-state index is 0.0706. The molecular formula is C12H11F3N2O. The first kappa shape index (κ1) is 12.5. The molecule has 0 fully saturated rings. The number of hydrogen-bond donors (Lipinski definition) is 1. The van der Waals surface area contributed by atoms with Gasteiger partial charge >= 0.3 is 0 Å². The summed E-state index contributed by atoms with van der Waals surface area (Å²) in [7, 11) is 0. The summed E-state index contributed by atoms with van der Waals surface area (Å²) >= 11 is 0. The fourth-order valence-corrected chi connectivity index (χ4v) is 1.71. The van der Waals surface area contributed by atoms with E-state index in [4.69, 9.17) is 0 Å². The molecule has 0 saturated carbocycles. The van der Waals surface area contributed by atoms with Gasteiger partial charge in [0.2, 0.25) is 0 Å². The summed E-state index contributed by atoms with van der Waals surface area (Å²) in [5.74, 6) is -4.21. The van der Waals surface area contributed by atoms with Crippen LogP contribution in [-0.2, 0) is 6.42 Å². The van der Waals surface area contributed by atoms with E-state index >= 15 is 0 Å². The molecule has 18 heavy (non-hydrogen) atoms. The molecule has 0 aliphatic heterocycles. The van der Waals surface area contributed by atoms with Crippen molar-refractivity contribution in [3.63, 3.8) is 0 Å². The van der Waals surface area contributed by atoms with Gasteiger partial charge in [0.1, 0.15) is 0 Å². The third kappa shape index (κ3) is 2.18. The van der Waals surface area contributed by atoms with Crippen LogP contribution < -0.4 is 5.56 Å². The molecule has 0 unspecified atom stereocenters. The Labute approximate surface area is 101 Å². The number of nitrogens with one attached hydrogen (secondary N) is 1. The fourth-order valence-electron chi connectivity index (χ4n) is 1.71. The van der Waals surface area contributed by atoms with Gasteiger partial charge in [-0.3, -0.25) is 9.89 Å². The van der Waals surface area contributed by atoms with Gasteiger partial charge in [-0.15, -0.1) is 0 Å². The summed E-state index contributed by atoms with van der Waals surface area (Å²) in [4.78, 5) is 11.6. The predicted octanol–water partition coefficient (Wildman–Crippen LogP) is 2.54. The number of rotatable bonds is 3. The number of H-pyrrole nitrogens is 1. The molecule has 6 heteroatoms. The Morgan fingerprint density at radius 2 is 1.78 bits per heavy atom. The molecule has 0 aliphatic rings. The largest absolute Gasteiger partial charge is 0.295 e. The number of aromatic nitrogens is 2. The third-order valence-electron chi connectivity index (χ3n) is 2.52. The molecule has 0 radical (unpaired) electrons. The van der Waals surface area contributed by atoms with Gasteiger partial charge in [-0.1, -0.05) is 13.3 Å². The zero-order valence-corrected chi connectivity index (χ0v) is 9.64. The van der Waals surface area contributed by atoms with Gasteiger partial charge in [0.15, 0.2) is 17.5 Å². The number of aromatic amines is 1. The molecule has 2 rings (SSSR count). The molecule has 3 nitrogen and oxygen atoms in total. The zero-order valence-electron chi connectivity index (χ0n) is 9.64. The number of halogens is 3. The average Bonchev–Trinajstić information content (AvgIpc) is 2.67. The van der Waals surface area contributed by atoms with E-state index < -0.39 is 23.0 Å². The molecule has 0 amide bonds. The van der Waals surface area contributed by atoms with E-state index in [1.807, 2.05) is 6.92 Å². The standard InChI is InChI=1S/C12H11F3N2O/c1-2-3-7-4-11(18)17(16-7)8-5-9(13)12(15)10(14)6-8/h4-6,16H,2-3H2,1H3. The summed E-state index contributed by atoms with van der Waals surface area (Å²) in [6, 6.07) is 2.89. The van der Waals surface area contributed by atoms with Crippen LogP contribution in [0.3, 0.4) is 0 Å². The Kier molecular flexibility index (Phi) is 3.27. The van der Waals surface area contributed by atoms with Gasteiger partial charge in [0.05, 0.1) is 5.69 Å². The van der Waals surface area contributed by atoms with Gasteiger partial charge in [0.25, 0.3) is 5.56 Å². The summed E-state index contributed by atoms with van der Waals surface area (Å²) in [6.07, 6.45) is 1.47. The number of benzene rings is 1. The van der Waals surface area contributed by atoms with Crippen LogP contribution in [0.15, 0.2) is 23.0 Å². The minimum Gasteiger partial charge on any atom is -0.295 e. The molecule has 0 atom stereocenters. The van der Waals surface area contributed by atoms with E-state index in [0.717, 1.165) is 23.2 Å². The highest BCUT2D eigenvalue weighted by atomic mass is 19.2. The molecule has 2 aromatic rings. The summed E-state index contributed by atoms with van der Waals surface area (Å²) in [6.45, 7) is 1.94. The van der Waals surface area contributed by atoms with Crippen molar-refractivity contribution in [1.29, 1.82) is 0 Å². The van der Waals surface area contributed by atoms with Crippen molar-refractivity contribution in [2.75, 3.05) is 0 Å². The molecule has 96 valence electrons. The van der Waals surface area contributed by atoms with Crippen LogP contribution in [-0.4, -0.2) is 9.78 Å². The summed E-state index contributed by atoms with van der Waals surface area (Å²) in [5, 5.41) is 2.72. The maximum atomic E-state index is 13.1. The topological polar surface area (TPSA) is 37.8 Å². The van der Waals surface area contributed by atoms with Gasteiger partial charge in [-0.25, -0.2) is 17.9 Å². The molecular weight excluding hydrogens is 245 g/mol. The fraction of sp³-hybridized carbons (Fsp3) is 0.250. The summed E-state index contributed by atoms with van der Waals surface area (Å²) < 4.78 is 39.9. The molecule has 1 N–H and O–H groups in total. The van der Waals surface area contributed by atoms with Crippen LogP contribution in [0.5, 0.6) is 0 Å². The van der Waals surface area contributed by atoms with Crippen LogP contribution in [0.4, 0.5) is 13.2 Å². The monoisotopic (exact) mass is 256 g/mol. The van der Waals surface area contributed by atoms with Crippen molar-refractivity contribution in [3.05, 3.63) is 51.7 Å². The van der Waals surface area contributed by atoms with Crippen LogP contribution in [0, 0.1) is 17.5 Å². The average molecular weight is 256 g/mol. The van der Waals surface area contributed by atoms with Crippen molar-refractivity contribution in [2.45, 2.75) is 19.8 Å². The zero-order chi connectivity index (χ0) is 13.3. The van der Waals surface area contributed by atoms with E-state index in [2.05, 4.69) is 5.10 Å². The first-order chi connectivity index (χ1) is 8.52. The lowest BCUT2D eigenvalue weighted by atomic mass is 10.3. The van der Waals surface area contributed by atoms with E-state index in [1.54, 1.807) is 0 Å². The van der Waals surface area contributed by atoms with Crippen LogP contribution >= 0.6 is 0 Å². The summed E-state index contributed by atoms with van der Waals surface area (Å²) in [5.41, 5.74) is 0.148. The quantitative estimate of drug-likeness (QED) is 0.842. The number of hydrogen-bond acceptors (Lipinski definition) is 1. The molecule has 1 aromatic heterocycles. The van der Waals surface area contributed by atoms with Gasteiger partial charge < -0.3 is 0 Å². The molecule has 1 aromatic carbocycles. The molecule has 0 bridgehead atoms. The maximum Gasteiger partial charge on any atom is 0.271 e. The van der Waals surface area contributed by atoms with Crippen molar-refractivity contribution in [3.8, 4) is 5.69 Å². The van der Waals surface area contributed by atoms with E-state index in [1.165, 1.54) is 6.07 Å². The van der Waals surface area contributed by atoms with Crippen molar-refractivity contribution < 1.29 is 13.2 Å². The molecule has 1 heterocycles. The molecule has 0 saturated heterocycles. The van der Waals surface area contributed by atoms with Crippen LogP contribution in [0.2, 0.25) is 0 Å². The van der Waals surface area contributed by atoms with Gasteiger partial charge in [-0.2, -0.15) is 0 Å². The highest BCUT2D eigenvalue weighted by Crippen LogP contribution is 2.15. The highest BCUT2D eigenvalue weighted by Gasteiger charge is 2.13. The minimum atomic E-state index is -1.55. The van der Waals surface area contributed by atoms with Crippen molar-refractivity contribution in [2.24, 2.45) is 0 Å². The van der Waals surface area contributed by atoms with E-state index in [9.17, 15) is 18.0 Å². The Morgan fingerprint density at radius 3 is 2.33 bits per heavy atom. The Balaban J connectivity index is 2.52. The van der Waals surface area contributed by atoms with E-state index in [-0.39, 0.29) is 5.69 Å². The van der Waals surface area contributed by atoms with Crippen molar-refractivity contribution in [1.82, 2.24) is 9.78 Å². The Morgan fingerprint density at radius 1 is 1.17 bits per heavy atom. The van der Waals surface area contributed by atoms with Gasteiger partial charge in [-0.05, 0) is 6.42 Å². The SMILES string of the molecule is CCCc1cc(=O)n(-c2cc(F)c(F)c(F)c2)[nH]1. The lowest BCUT2D eigenvalue weighted by Crippen LogP contribution is -2.14. The first-order valence-corrected chi connectivity index (χ1v) is 5.48. The van der Waals surface area contributed by atoms with Gasteiger partial charge in [0, 0.05) is 23.9 Å². The molecule has 0 aliphatic carbocycles. The van der Waals surface area contributed by atoms with E-state index in [0.29, 0.717) is 12.1 Å². The molecule has 0 spiro atoms. The van der Waals surface area contributed by atoms with Crippen LogP contribution in [0.25, 0.3) is 5.69 Å². The second-order valence-electron chi connectivity index (χ2n) is 3.93. The predicted molar refractivity (Wildman–Crippen MR) is 60.3 cm³/mol. The maximum absolute atomic E-state index is 13.1. The highest BCUT2D eigenvalue weighted by molar-refractivity contribution is 5.33. The smallest absolute Gasteiger partial charge is 0.271 e.